The average molecular weight is 356 g/mol. The molecule has 0 saturated carbocycles. The predicted molar refractivity (Wildman–Crippen MR) is 96.1 cm³/mol. The Balaban J connectivity index is 1.62. The standard InChI is InChI=1S/C19H24N4O3/c1-3-25-18-17(5-4-8-20-18)19(24)23-9-10-26-16(12-23)7-6-15-11-14(2)21-13-22-15/h4-5,8,11,13,16H,3,6-7,9-10,12H2,1-2H3/t16-/m0/s1. The van der Waals surface area contributed by atoms with Gasteiger partial charge in [0.25, 0.3) is 5.91 Å². The number of nitrogens with zero attached hydrogens (tertiary/aromatic N) is 4. The van der Waals surface area contributed by atoms with Crippen molar-refractivity contribution in [2.75, 3.05) is 26.3 Å². The molecule has 1 atom stereocenters. The van der Waals surface area contributed by atoms with Crippen LogP contribution in [0.1, 0.15) is 35.1 Å². The first-order chi connectivity index (χ1) is 12.7. The number of hydrogen-bond acceptors (Lipinski definition) is 6. The summed E-state index contributed by atoms with van der Waals surface area (Å²) < 4.78 is 11.3. The normalized spacial score (nSPS) is 17.2. The fourth-order valence-corrected chi connectivity index (χ4v) is 3.01. The lowest BCUT2D eigenvalue weighted by molar-refractivity contribution is -0.0248. The maximum atomic E-state index is 12.9. The van der Waals surface area contributed by atoms with Crippen LogP contribution in [0.5, 0.6) is 5.88 Å². The van der Waals surface area contributed by atoms with Crippen molar-refractivity contribution in [2.45, 2.75) is 32.8 Å². The highest BCUT2D eigenvalue weighted by Crippen LogP contribution is 2.20. The molecule has 1 fully saturated rings. The van der Waals surface area contributed by atoms with Gasteiger partial charge in [0, 0.05) is 30.7 Å². The van der Waals surface area contributed by atoms with Gasteiger partial charge < -0.3 is 14.4 Å². The molecular formula is C19H24N4O3. The number of aromatic nitrogens is 3. The lowest BCUT2D eigenvalue weighted by atomic mass is 10.1. The number of carbonyl (C=O) groups excluding carboxylic acids is 1. The zero-order valence-corrected chi connectivity index (χ0v) is 15.2. The summed E-state index contributed by atoms with van der Waals surface area (Å²) in [6, 6.07) is 5.50. The van der Waals surface area contributed by atoms with Crippen molar-refractivity contribution in [3.8, 4) is 5.88 Å². The van der Waals surface area contributed by atoms with Crippen molar-refractivity contribution in [2.24, 2.45) is 0 Å². The summed E-state index contributed by atoms with van der Waals surface area (Å²) in [5.41, 5.74) is 2.45. The van der Waals surface area contributed by atoms with E-state index in [1.165, 1.54) is 0 Å². The second-order valence-corrected chi connectivity index (χ2v) is 6.22. The predicted octanol–water partition coefficient (Wildman–Crippen LogP) is 2.05. The molecule has 7 heteroatoms. The molecule has 0 aromatic carbocycles. The summed E-state index contributed by atoms with van der Waals surface area (Å²) in [6.07, 6.45) is 4.82. The smallest absolute Gasteiger partial charge is 0.259 e. The molecule has 2 aromatic rings. The van der Waals surface area contributed by atoms with E-state index in [9.17, 15) is 4.79 Å². The van der Waals surface area contributed by atoms with Gasteiger partial charge in [0.1, 0.15) is 11.9 Å². The Bertz CT molecular complexity index is 753. The molecule has 7 nitrogen and oxygen atoms in total. The minimum atomic E-state index is -0.0623. The van der Waals surface area contributed by atoms with Gasteiger partial charge in [0.2, 0.25) is 5.88 Å². The van der Waals surface area contributed by atoms with E-state index in [0.717, 1.165) is 24.2 Å². The zero-order chi connectivity index (χ0) is 18.4. The Hall–Kier alpha value is -2.54. The number of pyridine rings is 1. The minimum absolute atomic E-state index is 0.00446. The van der Waals surface area contributed by atoms with Gasteiger partial charge in [-0.3, -0.25) is 4.79 Å². The first-order valence-electron chi connectivity index (χ1n) is 8.93. The highest BCUT2D eigenvalue weighted by molar-refractivity contribution is 5.96. The molecule has 1 saturated heterocycles. The Morgan fingerprint density at radius 2 is 2.27 bits per heavy atom. The molecule has 1 amide bonds. The highest BCUT2D eigenvalue weighted by Gasteiger charge is 2.27. The van der Waals surface area contributed by atoms with Crippen molar-refractivity contribution in [3.63, 3.8) is 0 Å². The van der Waals surface area contributed by atoms with Gasteiger partial charge in [0.15, 0.2) is 0 Å². The SMILES string of the molecule is CCOc1ncccc1C(=O)N1CCO[C@@H](CCc2cc(C)ncn2)C1. The molecule has 0 spiro atoms. The number of aryl methyl sites for hydroxylation is 2. The quantitative estimate of drug-likeness (QED) is 0.788. The largest absolute Gasteiger partial charge is 0.477 e. The van der Waals surface area contributed by atoms with Gasteiger partial charge >= 0.3 is 0 Å². The van der Waals surface area contributed by atoms with Crippen molar-refractivity contribution in [1.29, 1.82) is 0 Å². The number of ether oxygens (including phenoxy) is 2. The second kappa shape index (κ2) is 8.71. The maximum absolute atomic E-state index is 12.9. The highest BCUT2D eigenvalue weighted by atomic mass is 16.5. The molecule has 138 valence electrons. The third kappa shape index (κ3) is 4.54. The molecule has 3 rings (SSSR count). The van der Waals surface area contributed by atoms with Crippen molar-refractivity contribution in [1.82, 2.24) is 19.9 Å². The van der Waals surface area contributed by atoms with E-state index in [-0.39, 0.29) is 12.0 Å². The van der Waals surface area contributed by atoms with E-state index in [1.54, 1.807) is 24.7 Å². The molecule has 26 heavy (non-hydrogen) atoms. The number of carbonyl (C=O) groups is 1. The number of morpholine rings is 1. The lowest BCUT2D eigenvalue weighted by Crippen LogP contribution is -2.45. The van der Waals surface area contributed by atoms with Gasteiger partial charge in [-0.15, -0.1) is 0 Å². The molecule has 2 aromatic heterocycles. The molecule has 0 aliphatic carbocycles. The summed E-state index contributed by atoms with van der Waals surface area (Å²) in [7, 11) is 0. The second-order valence-electron chi connectivity index (χ2n) is 6.22. The van der Waals surface area contributed by atoms with Crippen LogP contribution in [0.2, 0.25) is 0 Å². The number of rotatable bonds is 6. The first-order valence-corrected chi connectivity index (χ1v) is 8.93. The van der Waals surface area contributed by atoms with Gasteiger partial charge in [-0.2, -0.15) is 0 Å². The Morgan fingerprint density at radius 1 is 1.38 bits per heavy atom. The monoisotopic (exact) mass is 356 g/mol. The fraction of sp³-hybridized carbons (Fsp3) is 0.474. The van der Waals surface area contributed by atoms with Crippen LogP contribution < -0.4 is 4.74 Å². The van der Waals surface area contributed by atoms with Crippen LogP contribution in [0.4, 0.5) is 0 Å². The molecule has 1 aliphatic rings. The maximum Gasteiger partial charge on any atom is 0.259 e. The molecule has 0 unspecified atom stereocenters. The fourth-order valence-electron chi connectivity index (χ4n) is 3.01. The summed E-state index contributed by atoms with van der Waals surface area (Å²) >= 11 is 0. The van der Waals surface area contributed by atoms with Crippen LogP contribution >= 0.6 is 0 Å². The molecule has 0 radical (unpaired) electrons. The summed E-state index contributed by atoms with van der Waals surface area (Å²) in [6.45, 7) is 5.96. The van der Waals surface area contributed by atoms with Crippen LogP contribution in [0, 0.1) is 6.92 Å². The molecule has 0 N–H and O–H groups in total. The van der Waals surface area contributed by atoms with Crippen LogP contribution in [0.3, 0.4) is 0 Å². The summed E-state index contributed by atoms with van der Waals surface area (Å²) in [4.78, 5) is 27.3. The van der Waals surface area contributed by atoms with E-state index >= 15 is 0 Å². The topological polar surface area (TPSA) is 77.4 Å². The van der Waals surface area contributed by atoms with Crippen molar-refractivity contribution in [3.05, 3.63) is 47.7 Å². The number of hydrogen-bond donors (Lipinski definition) is 0. The Labute approximate surface area is 153 Å². The lowest BCUT2D eigenvalue weighted by Gasteiger charge is -2.33. The Morgan fingerprint density at radius 3 is 3.08 bits per heavy atom. The van der Waals surface area contributed by atoms with E-state index in [4.69, 9.17) is 9.47 Å². The zero-order valence-electron chi connectivity index (χ0n) is 15.2. The first kappa shape index (κ1) is 18.3. The molecule has 3 heterocycles. The average Bonchev–Trinajstić information content (AvgIpc) is 2.67. The van der Waals surface area contributed by atoms with E-state index in [1.807, 2.05) is 24.8 Å². The third-order valence-electron chi connectivity index (χ3n) is 4.29. The van der Waals surface area contributed by atoms with E-state index in [0.29, 0.717) is 37.7 Å². The van der Waals surface area contributed by atoms with Gasteiger partial charge in [-0.1, -0.05) is 0 Å². The van der Waals surface area contributed by atoms with Crippen LogP contribution in [-0.2, 0) is 11.2 Å². The third-order valence-corrected chi connectivity index (χ3v) is 4.29. The van der Waals surface area contributed by atoms with Crippen molar-refractivity contribution >= 4 is 5.91 Å². The summed E-state index contributed by atoms with van der Waals surface area (Å²) in [5.74, 6) is 0.326. The Kier molecular flexibility index (Phi) is 6.12. The minimum Gasteiger partial charge on any atom is -0.477 e. The van der Waals surface area contributed by atoms with Crippen molar-refractivity contribution < 1.29 is 14.3 Å². The van der Waals surface area contributed by atoms with Gasteiger partial charge in [-0.05, 0) is 44.9 Å². The molecular weight excluding hydrogens is 332 g/mol. The molecule has 1 aliphatic heterocycles. The van der Waals surface area contributed by atoms with E-state index in [2.05, 4.69) is 15.0 Å². The van der Waals surface area contributed by atoms with Crippen LogP contribution in [-0.4, -0.2) is 58.2 Å². The van der Waals surface area contributed by atoms with Gasteiger partial charge in [0.05, 0.1) is 19.3 Å². The van der Waals surface area contributed by atoms with Gasteiger partial charge in [-0.25, -0.2) is 15.0 Å². The van der Waals surface area contributed by atoms with E-state index < -0.39 is 0 Å². The van der Waals surface area contributed by atoms with Crippen LogP contribution in [0.25, 0.3) is 0 Å². The summed E-state index contributed by atoms with van der Waals surface area (Å²) in [5, 5.41) is 0. The van der Waals surface area contributed by atoms with Crippen LogP contribution in [0.15, 0.2) is 30.7 Å². The number of amides is 1. The molecule has 0 bridgehead atoms.